The number of para-hydroxylation sites is 1. The number of aromatic nitrogens is 4. The van der Waals surface area contributed by atoms with Gasteiger partial charge in [-0.1, -0.05) is 30.9 Å². The number of ether oxygens (including phenoxy) is 2. The molecule has 41 heavy (non-hydrogen) atoms. The Balaban J connectivity index is 1.52. The first-order valence-corrected chi connectivity index (χ1v) is 13.3. The van der Waals surface area contributed by atoms with Gasteiger partial charge in [0.15, 0.2) is 5.82 Å². The molecule has 0 bridgehead atoms. The minimum absolute atomic E-state index is 0.325. The molecule has 11 heteroatoms. The lowest BCUT2D eigenvalue weighted by Gasteiger charge is -2.19. The van der Waals surface area contributed by atoms with Crippen LogP contribution in [0.5, 0.6) is 5.75 Å². The SMILES string of the molecule is C=CC(=O)Nc1cc(Nc2ncnc(-c3c(C4=CCOCC4)[nH]c4ccccc34)n2)c(OC)cc1NCCN(C)C. The van der Waals surface area contributed by atoms with Crippen LogP contribution in [0, 0.1) is 0 Å². The number of hydrogen-bond acceptors (Lipinski definition) is 9. The summed E-state index contributed by atoms with van der Waals surface area (Å²) >= 11 is 0. The van der Waals surface area contributed by atoms with Gasteiger partial charge < -0.3 is 35.3 Å². The Hall–Kier alpha value is -4.74. The zero-order valence-electron chi connectivity index (χ0n) is 23.5. The topological polar surface area (TPSA) is 129 Å². The summed E-state index contributed by atoms with van der Waals surface area (Å²) in [4.78, 5) is 31.6. The van der Waals surface area contributed by atoms with Crippen LogP contribution in [-0.2, 0) is 9.53 Å². The Morgan fingerprint density at radius 2 is 2.05 bits per heavy atom. The van der Waals surface area contributed by atoms with Crippen LogP contribution >= 0.6 is 0 Å². The van der Waals surface area contributed by atoms with Crippen molar-refractivity contribution in [2.24, 2.45) is 0 Å². The molecule has 2 aromatic carbocycles. The third-order valence-electron chi connectivity index (χ3n) is 6.69. The first-order valence-electron chi connectivity index (χ1n) is 13.3. The Kier molecular flexibility index (Phi) is 8.56. The summed E-state index contributed by atoms with van der Waals surface area (Å²) in [6, 6.07) is 11.7. The Bertz CT molecular complexity index is 1590. The van der Waals surface area contributed by atoms with Gasteiger partial charge in [0.05, 0.1) is 48.6 Å². The second-order valence-corrected chi connectivity index (χ2v) is 9.75. The van der Waals surface area contributed by atoms with Crippen LogP contribution in [0.2, 0.25) is 0 Å². The van der Waals surface area contributed by atoms with Crippen molar-refractivity contribution in [2.45, 2.75) is 6.42 Å². The van der Waals surface area contributed by atoms with E-state index in [-0.39, 0.29) is 5.91 Å². The number of rotatable bonds is 11. The Morgan fingerprint density at radius 1 is 1.20 bits per heavy atom. The molecule has 2 aromatic heterocycles. The van der Waals surface area contributed by atoms with E-state index >= 15 is 0 Å². The van der Waals surface area contributed by atoms with Gasteiger partial charge in [0, 0.05) is 30.1 Å². The smallest absolute Gasteiger partial charge is 0.247 e. The highest BCUT2D eigenvalue weighted by molar-refractivity contribution is 6.02. The van der Waals surface area contributed by atoms with Gasteiger partial charge in [0.1, 0.15) is 12.1 Å². The fourth-order valence-corrected chi connectivity index (χ4v) is 4.66. The van der Waals surface area contributed by atoms with E-state index in [0.717, 1.165) is 35.1 Å². The summed E-state index contributed by atoms with van der Waals surface area (Å²) in [6.45, 7) is 6.29. The fourth-order valence-electron chi connectivity index (χ4n) is 4.66. The van der Waals surface area contributed by atoms with Crippen molar-refractivity contribution in [2.75, 3.05) is 63.5 Å². The maximum atomic E-state index is 12.2. The van der Waals surface area contributed by atoms with Crippen LogP contribution in [-0.4, -0.2) is 78.3 Å². The molecule has 5 rings (SSSR count). The lowest BCUT2D eigenvalue weighted by atomic mass is 10.0. The largest absolute Gasteiger partial charge is 0.494 e. The number of carbonyl (C=O) groups excluding carboxylic acids is 1. The summed E-state index contributed by atoms with van der Waals surface area (Å²) in [5, 5.41) is 10.5. The summed E-state index contributed by atoms with van der Waals surface area (Å²) in [5.41, 5.74) is 5.91. The van der Waals surface area contributed by atoms with Gasteiger partial charge >= 0.3 is 0 Å². The summed E-state index contributed by atoms with van der Waals surface area (Å²) in [6.07, 6.45) is 5.60. The van der Waals surface area contributed by atoms with Crippen molar-refractivity contribution < 1.29 is 14.3 Å². The molecule has 0 atom stereocenters. The maximum absolute atomic E-state index is 12.2. The van der Waals surface area contributed by atoms with Gasteiger partial charge in [-0.25, -0.2) is 9.97 Å². The van der Waals surface area contributed by atoms with Crippen molar-refractivity contribution >= 4 is 45.4 Å². The van der Waals surface area contributed by atoms with Crippen molar-refractivity contribution in [3.63, 3.8) is 0 Å². The lowest BCUT2D eigenvalue weighted by Crippen LogP contribution is -2.21. The van der Waals surface area contributed by atoms with Crippen molar-refractivity contribution in [3.8, 4) is 17.1 Å². The van der Waals surface area contributed by atoms with Crippen LogP contribution in [0.3, 0.4) is 0 Å². The third-order valence-corrected chi connectivity index (χ3v) is 6.69. The number of fused-ring (bicyclic) bond motifs is 1. The number of carbonyl (C=O) groups is 1. The molecular formula is C30H34N8O3. The van der Waals surface area contributed by atoms with Crippen LogP contribution in [0.15, 0.2) is 61.5 Å². The number of hydrogen-bond donors (Lipinski definition) is 4. The Morgan fingerprint density at radius 3 is 2.80 bits per heavy atom. The average molecular weight is 555 g/mol. The van der Waals surface area contributed by atoms with Crippen LogP contribution < -0.4 is 20.7 Å². The molecule has 11 nitrogen and oxygen atoms in total. The minimum Gasteiger partial charge on any atom is -0.494 e. The molecule has 1 aliphatic heterocycles. The van der Waals surface area contributed by atoms with E-state index in [1.54, 1.807) is 13.2 Å². The molecule has 4 N–H and O–H groups in total. The molecule has 3 heterocycles. The molecule has 1 amide bonds. The molecule has 0 aliphatic carbocycles. The van der Waals surface area contributed by atoms with Crippen molar-refractivity contribution in [3.05, 3.63) is 67.2 Å². The molecule has 0 saturated heterocycles. The zero-order valence-corrected chi connectivity index (χ0v) is 23.5. The Labute approximate surface area is 238 Å². The number of H-pyrrole nitrogens is 1. The van der Waals surface area contributed by atoms with Gasteiger partial charge in [0.25, 0.3) is 0 Å². The number of methoxy groups -OCH3 is 1. The quantitative estimate of drug-likeness (QED) is 0.195. The molecule has 0 radical (unpaired) electrons. The number of aromatic amines is 1. The number of nitrogens with zero attached hydrogens (tertiary/aromatic N) is 4. The third kappa shape index (κ3) is 6.37. The van der Waals surface area contributed by atoms with E-state index in [0.29, 0.717) is 54.3 Å². The number of anilines is 4. The average Bonchev–Trinajstić information content (AvgIpc) is 3.38. The van der Waals surface area contributed by atoms with Crippen molar-refractivity contribution in [1.29, 1.82) is 0 Å². The summed E-state index contributed by atoms with van der Waals surface area (Å²) < 4.78 is 11.2. The number of benzene rings is 2. The van der Waals surface area contributed by atoms with Gasteiger partial charge in [-0.15, -0.1) is 0 Å². The van der Waals surface area contributed by atoms with Gasteiger partial charge in [0.2, 0.25) is 11.9 Å². The second-order valence-electron chi connectivity index (χ2n) is 9.75. The molecule has 0 spiro atoms. The minimum atomic E-state index is -0.325. The van der Waals surface area contributed by atoms with Crippen molar-refractivity contribution in [1.82, 2.24) is 24.8 Å². The molecule has 4 aromatic rings. The summed E-state index contributed by atoms with van der Waals surface area (Å²) in [7, 11) is 5.58. The number of likely N-dealkylation sites (N-methyl/N-ethyl adjacent to an activating group) is 1. The fraction of sp³-hybridized carbons (Fsp3) is 0.267. The highest BCUT2D eigenvalue weighted by Crippen LogP contribution is 2.38. The second kappa shape index (κ2) is 12.6. The molecule has 0 saturated carbocycles. The van der Waals surface area contributed by atoms with Gasteiger partial charge in [-0.2, -0.15) is 4.98 Å². The summed E-state index contributed by atoms with van der Waals surface area (Å²) in [5.74, 6) is 1.09. The molecular weight excluding hydrogens is 520 g/mol. The van der Waals surface area contributed by atoms with E-state index in [2.05, 4.69) is 54.5 Å². The lowest BCUT2D eigenvalue weighted by molar-refractivity contribution is -0.111. The van der Waals surface area contributed by atoms with E-state index in [1.807, 2.05) is 38.4 Å². The van der Waals surface area contributed by atoms with E-state index in [1.165, 1.54) is 18.0 Å². The standard InChI is InChI=1S/C30H34N8O3/c1-5-26(39)34-23-16-24(25(40-4)17-22(23)31-12-13-38(2)3)36-30-33-18-32-29(37-30)27-20-8-6-7-9-21(20)35-28(27)19-10-14-41-15-11-19/h5-10,16-18,31,35H,1,11-15H2,2-4H3,(H,34,39)(H,32,33,36,37). The highest BCUT2D eigenvalue weighted by atomic mass is 16.5. The maximum Gasteiger partial charge on any atom is 0.247 e. The van der Waals surface area contributed by atoms with E-state index in [4.69, 9.17) is 14.5 Å². The van der Waals surface area contributed by atoms with Crippen LogP contribution in [0.25, 0.3) is 27.9 Å². The molecule has 0 fully saturated rings. The predicted molar refractivity (Wildman–Crippen MR) is 163 cm³/mol. The monoisotopic (exact) mass is 554 g/mol. The first kappa shape index (κ1) is 27.8. The number of nitrogens with one attached hydrogen (secondary N) is 4. The molecule has 0 unspecified atom stereocenters. The van der Waals surface area contributed by atoms with E-state index < -0.39 is 0 Å². The van der Waals surface area contributed by atoms with Crippen LogP contribution in [0.4, 0.5) is 23.0 Å². The highest BCUT2D eigenvalue weighted by Gasteiger charge is 2.21. The predicted octanol–water partition coefficient (Wildman–Crippen LogP) is 4.67. The molecule has 1 aliphatic rings. The normalized spacial score (nSPS) is 13.1. The van der Waals surface area contributed by atoms with Gasteiger partial charge in [-0.3, -0.25) is 4.79 Å². The molecule has 212 valence electrons. The van der Waals surface area contributed by atoms with Crippen LogP contribution in [0.1, 0.15) is 12.1 Å². The number of amides is 1. The van der Waals surface area contributed by atoms with E-state index in [9.17, 15) is 4.79 Å². The van der Waals surface area contributed by atoms with Gasteiger partial charge in [-0.05, 0) is 44.3 Å². The first-order chi connectivity index (χ1) is 20.0. The zero-order chi connectivity index (χ0) is 28.8.